The predicted octanol–water partition coefficient (Wildman–Crippen LogP) is 2.89. The quantitative estimate of drug-likeness (QED) is 0.859. The fourth-order valence-corrected chi connectivity index (χ4v) is 5.17. The lowest BCUT2D eigenvalue weighted by Crippen LogP contribution is -2.40. The molecular formula is C15H23N3. The normalized spacial score (nSPS) is 43.3. The fraction of sp³-hybridized carbons (Fsp3) is 0.800. The second-order valence-corrected chi connectivity index (χ2v) is 6.62. The number of aromatic nitrogens is 2. The molecule has 0 spiro atoms. The summed E-state index contributed by atoms with van der Waals surface area (Å²) in [5, 5.41) is 3.83. The summed E-state index contributed by atoms with van der Waals surface area (Å²) in [5.74, 6) is 5.21. The van der Waals surface area contributed by atoms with E-state index in [2.05, 4.69) is 22.2 Å². The zero-order valence-corrected chi connectivity index (χ0v) is 11.1. The number of nitrogens with zero attached hydrogens (tertiary/aromatic N) is 1. The molecule has 0 amide bonds. The Morgan fingerprint density at radius 1 is 1.28 bits per heavy atom. The van der Waals surface area contributed by atoms with Crippen LogP contribution in [0.1, 0.15) is 50.9 Å². The average Bonchev–Trinajstić information content (AvgIpc) is 3.11. The Balaban J connectivity index is 1.45. The summed E-state index contributed by atoms with van der Waals surface area (Å²) in [6.07, 6.45) is 11.2. The molecule has 3 heteroatoms. The van der Waals surface area contributed by atoms with Gasteiger partial charge in [-0.25, -0.2) is 4.98 Å². The first-order valence-corrected chi connectivity index (χ1v) is 7.58. The van der Waals surface area contributed by atoms with Crippen LogP contribution in [0.4, 0.5) is 0 Å². The first kappa shape index (κ1) is 11.0. The minimum absolute atomic E-state index is 0.365. The summed E-state index contributed by atoms with van der Waals surface area (Å²) in [5.41, 5.74) is 0. The van der Waals surface area contributed by atoms with Crippen molar-refractivity contribution >= 4 is 0 Å². The number of hydrogen-bond acceptors (Lipinski definition) is 2. The zero-order chi connectivity index (χ0) is 12.1. The van der Waals surface area contributed by atoms with E-state index < -0.39 is 0 Å². The van der Waals surface area contributed by atoms with Crippen molar-refractivity contribution in [1.29, 1.82) is 0 Å². The summed E-state index contributed by atoms with van der Waals surface area (Å²) in [7, 11) is 0. The lowest BCUT2D eigenvalue weighted by molar-refractivity contribution is 0.199. The fourth-order valence-electron chi connectivity index (χ4n) is 5.17. The van der Waals surface area contributed by atoms with Crippen molar-refractivity contribution in [2.24, 2.45) is 23.7 Å². The lowest BCUT2D eigenvalue weighted by Gasteiger charge is -2.33. The van der Waals surface area contributed by atoms with Gasteiger partial charge in [-0.2, -0.15) is 0 Å². The Morgan fingerprint density at radius 3 is 3.00 bits per heavy atom. The number of H-pyrrole nitrogens is 1. The Hall–Kier alpha value is -0.830. The molecular weight excluding hydrogens is 222 g/mol. The number of fused-ring (bicyclic) bond motifs is 5. The highest BCUT2D eigenvalue weighted by Crippen LogP contribution is 2.58. The maximum absolute atomic E-state index is 4.37. The van der Waals surface area contributed by atoms with Crippen LogP contribution in [0, 0.1) is 23.7 Å². The van der Waals surface area contributed by atoms with Gasteiger partial charge in [-0.05, 0) is 56.3 Å². The molecule has 3 aliphatic rings. The first-order valence-electron chi connectivity index (χ1n) is 7.58. The van der Waals surface area contributed by atoms with Crippen LogP contribution in [0.3, 0.4) is 0 Å². The van der Waals surface area contributed by atoms with E-state index in [4.69, 9.17) is 0 Å². The van der Waals surface area contributed by atoms with Crippen molar-refractivity contribution in [3.8, 4) is 0 Å². The molecule has 0 saturated heterocycles. The van der Waals surface area contributed by atoms with Crippen molar-refractivity contribution in [3.63, 3.8) is 0 Å². The second-order valence-electron chi connectivity index (χ2n) is 6.62. The number of hydrogen-bond donors (Lipinski definition) is 2. The molecule has 1 aromatic rings. The van der Waals surface area contributed by atoms with Crippen LogP contribution in [-0.2, 0) is 0 Å². The number of aromatic amines is 1. The van der Waals surface area contributed by atoms with E-state index in [1.807, 2.05) is 12.4 Å². The van der Waals surface area contributed by atoms with Crippen molar-refractivity contribution in [3.05, 3.63) is 18.2 Å². The van der Waals surface area contributed by atoms with Crippen LogP contribution in [0.25, 0.3) is 0 Å². The molecule has 18 heavy (non-hydrogen) atoms. The third-order valence-electron chi connectivity index (χ3n) is 5.82. The third kappa shape index (κ3) is 1.56. The van der Waals surface area contributed by atoms with Crippen molar-refractivity contribution in [2.45, 2.75) is 51.1 Å². The molecule has 6 unspecified atom stereocenters. The molecule has 1 heterocycles. The van der Waals surface area contributed by atoms with Crippen LogP contribution < -0.4 is 5.32 Å². The maximum Gasteiger partial charge on any atom is 0.122 e. The van der Waals surface area contributed by atoms with Gasteiger partial charge in [-0.15, -0.1) is 0 Å². The zero-order valence-electron chi connectivity index (χ0n) is 11.1. The van der Waals surface area contributed by atoms with Gasteiger partial charge in [0.15, 0.2) is 0 Å². The van der Waals surface area contributed by atoms with Crippen molar-refractivity contribution in [2.75, 3.05) is 0 Å². The minimum Gasteiger partial charge on any atom is -0.347 e. The predicted molar refractivity (Wildman–Crippen MR) is 71.0 cm³/mol. The maximum atomic E-state index is 4.37. The lowest BCUT2D eigenvalue weighted by atomic mass is 9.79. The van der Waals surface area contributed by atoms with Gasteiger partial charge >= 0.3 is 0 Å². The summed E-state index contributed by atoms with van der Waals surface area (Å²) in [6.45, 7) is 2.23. The van der Waals surface area contributed by atoms with Gasteiger partial charge in [-0.3, -0.25) is 0 Å². The molecule has 2 bridgehead atoms. The molecule has 0 aliphatic heterocycles. The number of rotatable bonds is 3. The van der Waals surface area contributed by atoms with Gasteiger partial charge in [0.05, 0.1) is 6.04 Å². The van der Waals surface area contributed by atoms with Gasteiger partial charge in [0.1, 0.15) is 5.82 Å². The van der Waals surface area contributed by atoms with Crippen LogP contribution in [0.2, 0.25) is 0 Å². The monoisotopic (exact) mass is 245 g/mol. The Bertz CT molecular complexity index is 413. The highest BCUT2D eigenvalue weighted by molar-refractivity contribution is 5.07. The minimum atomic E-state index is 0.365. The summed E-state index contributed by atoms with van der Waals surface area (Å²) in [6, 6.07) is 1.11. The molecule has 3 saturated carbocycles. The molecule has 3 aliphatic carbocycles. The smallest absolute Gasteiger partial charge is 0.122 e. The molecule has 3 fully saturated rings. The van der Waals surface area contributed by atoms with Crippen LogP contribution in [0.5, 0.6) is 0 Å². The molecule has 2 N–H and O–H groups in total. The molecule has 0 radical (unpaired) electrons. The highest BCUT2D eigenvalue weighted by Gasteiger charge is 2.53. The van der Waals surface area contributed by atoms with Crippen molar-refractivity contribution in [1.82, 2.24) is 15.3 Å². The Morgan fingerprint density at radius 2 is 2.17 bits per heavy atom. The summed E-state index contributed by atoms with van der Waals surface area (Å²) < 4.78 is 0. The van der Waals surface area contributed by atoms with Crippen LogP contribution >= 0.6 is 0 Å². The number of imidazole rings is 1. The molecule has 4 rings (SSSR count). The van der Waals surface area contributed by atoms with Gasteiger partial charge < -0.3 is 10.3 Å². The van der Waals surface area contributed by atoms with E-state index in [1.54, 1.807) is 0 Å². The third-order valence-corrected chi connectivity index (χ3v) is 5.82. The second kappa shape index (κ2) is 4.09. The van der Waals surface area contributed by atoms with Crippen LogP contribution in [-0.4, -0.2) is 16.0 Å². The topological polar surface area (TPSA) is 40.7 Å². The van der Waals surface area contributed by atoms with Gasteiger partial charge in [0.2, 0.25) is 0 Å². The molecule has 1 aromatic heterocycles. The van der Waals surface area contributed by atoms with Gasteiger partial charge in [0, 0.05) is 18.4 Å². The van der Waals surface area contributed by atoms with E-state index >= 15 is 0 Å². The van der Waals surface area contributed by atoms with E-state index in [-0.39, 0.29) is 0 Å². The summed E-state index contributed by atoms with van der Waals surface area (Å²) >= 11 is 0. The number of nitrogens with one attached hydrogen (secondary N) is 2. The Labute approximate surface area is 109 Å². The highest BCUT2D eigenvalue weighted by atomic mass is 15.0. The average molecular weight is 245 g/mol. The molecule has 6 atom stereocenters. The Kier molecular flexibility index (Phi) is 2.51. The van der Waals surface area contributed by atoms with E-state index in [1.165, 1.54) is 32.1 Å². The van der Waals surface area contributed by atoms with Crippen molar-refractivity contribution < 1.29 is 0 Å². The molecule has 98 valence electrons. The van der Waals surface area contributed by atoms with Crippen LogP contribution in [0.15, 0.2) is 12.4 Å². The SMILES string of the molecule is CC(NC1CC2CC1C1CCCC21)c1ncc[nH]1. The molecule has 0 aromatic carbocycles. The first-order chi connectivity index (χ1) is 8.83. The summed E-state index contributed by atoms with van der Waals surface area (Å²) in [4.78, 5) is 7.60. The standard InChI is InChI=1S/C15H23N3/c1-9(15-16-5-6-17-15)18-14-8-10-7-13(14)12-4-2-3-11(10)12/h5-6,9-14,18H,2-4,7-8H2,1H3,(H,16,17). The van der Waals surface area contributed by atoms with E-state index in [0.29, 0.717) is 6.04 Å². The molecule has 3 nitrogen and oxygen atoms in total. The van der Waals surface area contributed by atoms with E-state index in [9.17, 15) is 0 Å². The van der Waals surface area contributed by atoms with E-state index in [0.717, 1.165) is 35.5 Å². The largest absolute Gasteiger partial charge is 0.347 e. The van der Waals surface area contributed by atoms with Gasteiger partial charge in [-0.1, -0.05) is 6.42 Å². The van der Waals surface area contributed by atoms with Gasteiger partial charge in [0.25, 0.3) is 0 Å².